The molecule has 1 atom stereocenters. The van der Waals surface area contributed by atoms with Crippen molar-refractivity contribution >= 4 is 0 Å². The van der Waals surface area contributed by atoms with E-state index in [2.05, 4.69) is 22.4 Å². The standard InChI is InChI=1S/C10H14N2/c1-2-7-12-10(5-1)9-4-3-6-11-8-9/h1-2,5,7,9,11H,3-4,6,8H2/t9-/m0/s1. The molecule has 1 aliphatic rings. The summed E-state index contributed by atoms with van der Waals surface area (Å²) < 4.78 is 0. The SMILES string of the molecule is c1ccc([C@H]2CCCNC2)nc1. The predicted molar refractivity (Wildman–Crippen MR) is 49.1 cm³/mol. The number of hydrogen-bond acceptors (Lipinski definition) is 2. The summed E-state index contributed by atoms with van der Waals surface area (Å²) in [4.78, 5) is 4.36. The smallest absolute Gasteiger partial charge is 0.0447 e. The van der Waals surface area contributed by atoms with Crippen molar-refractivity contribution in [1.82, 2.24) is 10.3 Å². The lowest BCUT2D eigenvalue weighted by Crippen LogP contribution is -2.28. The highest BCUT2D eigenvalue weighted by atomic mass is 14.9. The molecule has 0 amide bonds. The molecule has 0 unspecified atom stereocenters. The summed E-state index contributed by atoms with van der Waals surface area (Å²) in [6, 6.07) is 6.16. The lowest BCUT2D eigenvalue weighted by atomic mass is 9.96. The Balaban J connectivity index is 2.08. The topological polar surface area (TPSA) is 24.9 Å². The van der Waals surface area contributed by atoms with Crippen molar-refractivity contribution in [3.05, 3.63) is 30.1 Å². The van der Waals surface area contributed by atoms with Crippen LogP contribution in [0.5, 0.6) is 0 Å². The third-order valence-corrected chi connectivity index (χ3v) is 2.40. The van der Waals surface area contributed by atoms with E-state index >= 15 is 0 Å². The average Bonchev–Trinajstić information content (AvgIpc) is 2.21. The number of nitrogens with one attached hydrogen (secondary N) is 1. The van der Waals surface area contributed by atoms with Crippen molar-refractivity contribution in [1.29, 1.82) is 0 Å². The summed E-state index contributed by atoms with van der Waals surface area (Å²) in [7, 11) is 0. The Bertz CT molecular complexity index is 227. The Hall–Kier alpha value is -0.890. The molecule has 1 aliphatic heterocycles. The molecule has 12 heavy (non-hydrogen) atoms. The van der Waals surface area contributed by atoms with E-state index in [-0.39, 0.29) is 0 Å². The lowest BCUT2D eigenvalue weighted by Gasteiger charge is -2.21. The molecule has 1 N–H and O–H groups in total. The molecule has 1 aromatic heterocycles. The molecule has 2 rings (SSSR count). The van der Waals surface area contributed by atoms with E-state index in [0.29, 0.717) is 5.92 Å². The number of aromatic nitrogens is 1. The normalized spacial score (nSPS) is 23.8. The Labute approximate surface area is 73.0 Å². The maximum atomic E-state index is 4.36. The van der Waals surface area contributed by atoms with Crippen molar-refractivity contribution in [3.8, 4) is 0 Å². The molecule has 0 saturated carbocycles. The molecule has 0 aromatic carbocycles. The number of nitrogens with zero attached hydrogens (tertiary/aromatic N) is 1. The van der Waals surface area contributed by atoms with Gasteiger partial charge in [-0.15, -0.1) is 0 Å². The average molecular weight is 162 g/mol. The van der Waals surface area contributed by atoms with Crippen LogP contribution in [0.4, 0.5) is 0 Å². The first-order chi connectivity index (χ1) is 5.97. The van der Waals surface area contributed by atoms with Gasteiger partial charge in [0.2, 0.25) is 0 Å². The summed E-state index contributed by atoms with van der Waals surface area (Å²) >= 11 is 0. The summed E-state index contributed by atoms with van der Waals surface area (Å²) in [6.07, 6.45) is 4.44. The van der Waals surface area contributed by atoms with Gasteiger partial charge < -0.3 is 5.32 Å². The van der Waals surface area contributed by atoms with Crippen molar-refractivity contribution in [2.45, 2.75) is 18.8 Å². The van der Waals surface area contributed by atoms with Gasteiger partial charge >= 0.3 is 0 Å². The van der Waals surface area contributed by atoms with Gasteiger partial charge in [0, 0.05) is 24.4 Å². The largest absolute Gasteiger partial charge is 0.316 e. The fraction of sp³-hybridized carbons (Fsp3) is 0.500. The predicted octanol–water partition coefficient (Wildman–Crippen LogP) is 1.55. The van der Waals surface area contributed by atoms with E-state index < -0.39 is 0 Å². The quantitative estimate of drug-likeness (QED) is 0.677. The molecule has 1 aromatic rings. The summed E-state index contributed by atoms with van der Waals surface area (Å²) in [5.74, 6) is 0.639. The van der Waals surface area contributed by atoms with Crippen LogP contribution in [0.1, 0.15) is 24.5 Å². The third kappa shape index (κ3) is 1.64. The molecular weight excluding hydrogens is 148 g/mol. The van der Waals surface area contributed by atoms with Crippen molar-refractivity contribution < 1.29 is 0 Å². The van der Waals surface area contributed by atoms with Gasteiger partial charge in [-0.25, -0.2) is 0 Å². The molecule has 2 nitrogen and oxygen atoms in total. The molecule has 64 valence electrons. The molecule has 2 heteroatoms. The van der Waals surface area contributed by atoms with Gasteiger partial charge in [-0.3, -0.25) is 4.98 Å². The van der Waals surface area contributed by atoms with Crippen LogP contribution in [-0.4, -0.2) is 18.1 Å². The molecule has 1 saturated heterocycles. The molecule has 0 bridgehead atoms. The highest BCUT2D eigenvalue weighted by Gasteiger charge is 2.14. The van der Waals surface area contributed by atoms with Gasteiger partial charge in [-0.2, -0.15) is 0 Å². The minimum atomic E-state index is 0.639. The second-order valence-electron chi connectivity index (χ2n) is 3.30. The van der Waals surface area contributed by atoms with E-state index in [1.54, 1.807) is 0 Å². The highest BCUT2D eigenvalue weighted by Crippen LogP contribution is 2.20. The number of pyridine rings is 1. The van der Waals surface area contributed by atoms with Crippen molar-refractivity contribution in [3.63, 3.8) is 0 Å². The van der Waals surface area contributed by atoms with Crippen LogP contribution in [0.3, 0.4) is 0 Å². The summed E-state index contributed by atoms with van der Waals surface area (Å²) in [6.45, 7) is 2.26. The minimum absolute atomic E-state index is 0.639. The van der Waals surface area contributed by atoms with Crippen LogP contribution in [0, 0.1) is 0 Å². The molecule has 2 heterocycles. The number of hydrogen-bond donors (Lipinski definition) is 1. The fourth-order valence-electron chi connectivity index (χ4n) is 1.72. The van der Waals surface area contributed by atoms with Crippen molar-refractivity contribution in [2.75, 3.05) is 13.1 Å². The van der Waals surface area contributed by atoms with E-state index in [0.717, 1.165) is 6.54 Å². The number of piperidine rings is 1. The molecule has 1 fully saturated rings. The van der Waals surface area contributed by atoms with Gasteiger partial charge in [-0.05, 0) is 31.5 Å². The highest BCUT2D eigenvalue weighted by molar-refractivity contribution is 5.10. The van der Waals surface area contributed by atoms with E-state index in [9.17, 15) is 0 Å². The Kier molecular flexibility index (Phi) is 2.37. The van der Waals surface area contributed by atoms with Crippen LogP contribution in [0.2, 0.25) is 0 Å². The van der Waals surface area contributed by atoms with Gasteiger partial charge in [0.05, 0.1) is 0 Å². The Morgan fingerprint density at radius 1 is 1.42 bits per heavy atom. The zero-order chi connectivity index (χ0) is 8.23. The zero-order valence-electron chi connectivity index (χ0n) is 7.16. The maximum absolute atomic E-state index is 4.36. The van der Waals surface area contributed by atoms with Gasteiger partial charge in [-0.1, -0.05) is 6.07 Å². The van der Waals surface area contributed by atoms with Crippen molar-refractivity contribution in [2.24, 2.45) is 0 Å². The second kappa shape index (κ2) is 3.68. The lowest BCUT2D eigenvalue weighted by molar-refractivity contribution is 0.455. The molecule has 0 spiro atoms. The van der Waals surface area contributed by atoms with Gasteiger partial charge in [0.25, 0.3) is 0 Å². The third-order valence-electron chi connectivity index (χ3n) is 2.40. The summed E-state index contributed by atoms with van der Waals surface area (Å²) in [5, 5.41) is 3.39. The zero-order valence-corrected chi connectivity index (χ0v) is 7.16. The molecule has 0 aliphatic carbocycles. The Morgan fingerprint density at radius 2 is 2.42 bits per heavy atom. The van der Waals surface area contributed by atoms with Crippen LogP contribution in [0.25, 0.3) is 0 Å². The van der Waals surface area contributed by atoms with Crippen LogP contribution < -0.4 is 5.32 Å². The van der Waals surface area contributed by atoms with Crippen LogP contribution in [-0.2, 0) is 0 Å². The van der Waals surface area contributed by atoms with Gasteiger partial charge in [0.15, 0.2) is 0 Å². The number of rotatable bonds is 1. The maximum Gasteiger partial charge on any atom is 0.0447 e. The van der Waals surface area contributed by atoms with E-state index in [4.69, 9.17) is 0 Å². The minimum Gasteiger partial charge on any atom is -0.316 e. The molecular formula is C10H14N2. The summed E-state index contributed by atoms with van der Waals surface area (Å²) in [5.41, 5.74) is 1.24. The Morgan fingerprint density at radius 3 is 3.08 bits per heavy atom. The van der Waals surface area contributed by atoms with Crippen LogP contribution >= 0.6 is 0 Å². The first-order valence-electron chi connectivity index (χ1n) is 4.58. The van der Waals surface area contributed by atoms with Crippen LogP contribution in [0.15, 0.2) is 24.4 Å². The van der Waals surface area contributed by atoms with E-state index in [1.165, 1.54) is 25.1 Å². The second-order valence-corrected chi connectivity index (χ2v) is 3.30. The first-order valence-corrected chi connectivity index (χ1v) is 4.58. The first kappa shape index (κ1) is 7.74. The van der Waals surface area contributed by atoms with E-state index in [1.807, 2.05) is 12.3 Å². The molecule has 0 radical (unpaired) electrons. The fourth-order valence-corrected chi connectivity index (χ4v) is 1.72. The van der Waals surface area contributed by atoms with Gasteiger partial charge in [0.1, 0.15) is 0 Å². The monoisotopic (exact) mass is 162 g/mol.